The van der Waals surface area contributed by atoms with Crippen molar-refractivity contribution in [2.45, 2.75) is 18.7 Å². The summed E-state index contributed by atoms with van der Waals surface area (Å²) in [6.07, 6.45) is 3.42. The van der Waals surface area contributed by atoms with Gasteiger partial charge in [-0.3, -0.25) is 0 Å². The van der Waals surface area contributed by atoms with Gasteiger partial charge >= 0.3 is 6.03 Å². The first-order valence-corrected chi connectivity index (χ1v) is 10.0. The Bertz CT molecular complexity index is 920. The molecule has 8 nitrogen and oxygen atoms in total. The molecule has 0 atom stereocenters. The fourth-order valence-electron chi connectivity index (χ4n) is 2.22. The van der Waals surface area contributed by atoms with Crippen LogP contribution in [-0.4, -0.2) is 36.5 Å². The number of ether oxygens (including phenoxy) is 2. The number of hydrogen-bond donors (Lipinski definition) is 3. The number of carbonyl (C=O) groups excluding carboxylic acids is 1. The highest BCUT2D eigenvalue weighted by Gasteiger charge is 2.08. The van der Waals surface area contributed by atoms with Gasteiger partial charge in [-0.05, 0) is 36.6 Å². The summed E-state index contributed by atoms with van der Waals surface area (Å²) in [6, 6.07) is 10.5. The van der Waals surface area contributed by atoms with Crippen molar-refractivity contribution < 1.29 is 14.3 Å². The maximum atomic E-state index is 10.4. The molecular formula is C20H27N5O3S. The number of nitrogen functional groups attached to an aromatic ring is 1. The van der Waals surface area contributed by atoms with E-state index in [1.54, 1.807) is 38.1 Å². The number of thioether (sulfide) groups is 1. The van der Waals surface area contributed by atoms with E-state index in [-0.39, 0.29) is 0 Å². The highest BCUT2D eigenvalue weighted by Crippen LogP contribution is 2.32. The van der Waals surface area contributed by atoms with E-state index >= 15 is 0 Å². The third-order valence-corrected chi connectivity index (χ3v) is 4.27. The molecular weight excluding hydrogens is 390 g/mol. The Labute approximate surface area is 175 Å². The quantitative estimate of drug-likeness (QED) is 0.544. The molecule has 0 fully saturated rings. The lowest BCUT2D eigenvalue weighted by atomic mass is 10.2. The van der Waals surface area contributed by atoms with E-state index in [9.17, 15) is 4.79 Å². The molecule has 0 aliphatic rings. The molecule has 29 heavy (non-hydrogen) atoms. The van der Waals surface area contributed by atoms with E-state index in [0.717, 1.165) is 21.5 Å². The number of methoxy groups -OCH3 is 2. The van der Waals surface area contributed by atoms with Gasteiger partial charge < -0.3 is 26.3 Å². The Morgan fingerprint density at radius 2 is 1.62 bits per heavy atom. The SMILES string of the molecule is CC.COc1cc2ncnc(N)c2cc1OC.CSc1ccc(NC(N)=O)cc1. The number of urea groups is 1. The van der Waals surface area contributed by atoms with Gasteiger partial charge in [0.2, 0.25) is 0 Å². The van der Waals surface area contributed by atoms with Gasteiger partial charge in [0.1, 0.15) is 12.1 Å². The summed E-state index contributed by atoms with van der Waals surface area (Å²) >= 11 is 1.65. The van der Waals surface area contributed by atoms with Crippen LogP contribution in [0.2, 0.25) is 0 Å². The molecule has 0 bridgehead atoms. The van der Waals surface area contributed by atoms with Crippen LogP contribution in [0.3, 0.4) is 0 Å². The van der Waals surface area contributed by atoms with Crippen LogP contribution in [0.1, 0.15) is 13.8 Å². The summed E-state index contributed by atoms with van der Waals surface area (Å²) in [5.74, 6) is 1.68. The minimum absolute atomic E-state index is 0.431. The lowest BCUT2D eigenvalue weighted by Gasteiger charge is -2.08. The zero-order chi connectivity index (χ0) is 21.8. The van der Waals surface area contributed by atoms with E-state index in [0.29, 0.717) is 17.3 Å². The predicted octanol–water partition coefficient (Wildman–Crippen LogP) is 4.15. The van der Waals surface area contributed by atoms with Crippen molar-refractivity contribution in [2.75, 3.05) is 31.5 Å². The standard InChI is InChI=1S/C10H11N3O2.C8H10N2OS.C2H6/c1-14-8-3-6-7(4-9(8)15-2)12-5-13-10(6)11;1-12-7-4-2-6(3-5-7)10-8(9)11;1-2/h3-5H,1-2H3,(H2,11,12,13);2-5H,1H3,(H3,9,10,11);1-2H3. The number of fused-ring (bicyclic) bond motifs is 1. The van der Waals surface area contributed by atoms with Crippen LogP contribution in [0, 0.1) is 0 Å². The van der Waals surface area contributed by atoms with Crippen LogP contribution in [0.4, 0.5) is 16.3 Å². The number of rotatable bonds is 4. The number of amides is 2. The number of aromatic nitrogens is 2. The minimum Gasteiger partial charge on any atom is -0.493 e. The van der Waals surface area contributed by atoms with Gasteiger partial charge in [-0.25, -0.2) is 14.8 Å². The zero-order valence-electron chi connectivity index (χ0n) is 17.2. The number of carbonyl (C=O) groups is 1. The average Bonchev–Trinajstić information content (AvgIpc) is 2.75. The van der Waals surface area contributed by atoms with Crippen molar-refractivity contribution in [3.05, 3.63) is 42.7 Å². The third kappa shape index (κ3) is 7.04. The van der Waals surface area contributed by atoms with Gasteiger partial charge in [0, 0.05) is 22.0 Å². The summed E-state index contributed by atoms with van der Waals surface area (Å²) in [4.78, 5) is 19.6. The molecule has 3 aromatic rings. The Balaban J connectivity index is 0.000000273. The number of nitrogens with zero attached hydrogens (tertiary/aromatic N) is 2. The van der Waals surface area contributed by atoms with Gasteiger partial charge in [0.25, 0.3) is 0 Å². The first kappa shape index (κ1) is 23.8. The second kappa shape index (κ2) is 12.3. The molecule has 2 amide bonds. The number of benzene rings is 2. The summed E-state index contributed by atoms with van der Waals surface area (Å²) in [5, 5.41) is 3.25. The van der Waals surface area contributed by atoms with Gasteiger partial charge in [-0.2, -0.15) is 0 Å². The second-order valence-electron chi connectivity index (χ2n) is 5.20. The molecule has 9 heteroatoms. The number of nitrogens with one attached hydrogen (secondary N) is 1. The van der Waals surface area contributed by atoms with Crippen molar-refractivity contribution in [2.24, 2.45) is 5.73 Å². The van der Waals surface area contributed by atoms with Crippen molar-refractivity contribution in [1.82, 2.24) is 9.97 Å². The second-order valence-corrected chi connectivity index (χ2v) is 6.08. The maximum Gasteiger partial charge on any atom is 0.316 e. The van der Waals surface area contributed by atoms with Crippen molar-refractivity contribution >= 4 is 40.2 Å². The Kier molecular flexibility index (Phi) is 10.1. The van der Waals surface area contributed by atoms with Crippen LogP contribution in [-0.2, 0) is 0 Å². The molecule has 0 radical (unpaired) electrons. The molecule has 0 unspecified atom stereocenters. The Hall–Kier alpha value is -3.20. The summed E-state index contributed by atoms with van der Waals surface area (Å²) < 4.78 is 10.3. The number of anilines is 2. The molecule has 3 rings (SSSR count). The van der Waals surface area contributed by atoms with E-state index in [1.807, 2.05) is 44.4 Å². The Morgan fingerprint density at radius 1 is 1.03 bits per heavy atom. The van der Waals surface area contributed by atoms with Crippen LogP contribution in [0.15, 0.2) is 47.6 Å². The van der Waals surface area contributed by atoms with Crippen LogP contribution in [0.25, 0.3) is 10.9 Å². The molecule has 1 heterocycles. The average molecular weight is 418 g/mol. The smallest absolute Gasteiger partial charge is 0.316 e. The number of hydrogen-bond acceptors (Lipinski definition) is 7. The molecule has 0 aliphatic carbocycles. The normalized spacial score (nSPS) is 9.41. The first-order chi connectivity index (χ1) is 14.0. The van der Waals surface area contributed by atoms with E-state index in [4.69, 9.17) is 20.9 Å². The molecule has 2 aromatic carbocycles. The van der Waals surface area contributed by atoms with Gasteiger partial charge in [0.15, 0.2) is 11.5 Å². The fraction of sp³-hybridized carbons (Fsp3) is 0.250. The zero-order valence-corrected chi connectivity index (χ0v) is 18.0. The maximum absolute atomic E-state index is 10.4. The van der Waals surface area contributed by atoms with E-state index < -0.39 is 6.03 Å². The molecule has 0 spiro atoms. The minimum atomic E-state index is -0.535. The summed E-state index contributed by atoms with van der Waals surface area (Å²) in [6.45, 7) is 4.00. The van der Waals surface area contributed by atoms with Crippen LogP contribution >= 0.6 is 11.8 Å². The molecule has 5 N–H and O–H groups in total. The summed E-state index contributed by atoms with van der Waals surface area (Å²) in [5.41, 5.74) is 12.1. The number of nitrogens with two attached hydrogens (primary N) is 2. The number of primary amides is 1. The van der Waals surface area contributed by atoms with E-state index in [1.165, 1.54) is 6.33 Å². The molecule has 0 saturated heterocycles. The Morgan fingerprint density at radius 3 is 2.14 bits per heavy atom. The predicted molar refractivity (Wildman–Crippen MR) is 120 cm³/mol. The van der Waals surface area contributed by atoms with Crippen molar-refractivity contribution in [3.63, 3.8) is 0 Å². The molecule has 1 aromatic heterocycles. The highest BCUT2D eigenvalue weighted by atomic mass is 32.2. The van der Waals surface area contributed by atoms with Gasteiger partial charge in [-0.15, -0.1) is 11.8 Å². The topological polar surface area (TPSA) is 125 Å². The lowest BCUT2D eigenvalue weighted by Crippen LogP contribution is -2.19. The third-order valence-electron chi connectivity index (χ3n) is 3.53. The monoisotopic (exact) mass is 417 g/mol. The van der Waals surface area contributed by atoms with Gasteiger partial charge in [-0.1, -0.05) is 13.8 Å². The molecule has 0 aliphatic heterocycles. The molecule has 0 saturated carbocycles. The fourth-order valence-corrected chi connectivity index (χ4v) is 2.63. The van der Waals surface area contributed by atoms with E-state index in [2.05, 4.69) is 15.3 Å². The molecule has 156 valence electrons. The van der Waals surface area contributed by atoms with Gasteiger partial charge in [0.05, 0.1) is 19.7 Å². The lowest BCUT2D eigenvalue weighted by molar-refractivity contribution is 0.259. The van der Waals surface area contributed by atoms with Crippen molar-refractivity contribution in [3.8, 4) is 11.5 Å². The van der Waals surface area contributed by atoms with Crippen molar-refractivity contribution in [1.29, 1.82) is 0 Å². The highest BCUT2D eigenvalue weighted by molar-refractivity contribution is 7.98. The van der Waals surface area contributed by atoms with Crippen LogP contribution in [0.5, 0.6) is 11.5 Å². The first-order valence-electron chi connectivity index (χ1n) is 8.81. The summed E-state index contributed by atoms with van der Waals surface area (Å²) in [7, 11) is 3.15. The van der Waals surface area contributed by atoms with Crippen LogP contribution < -0.4 is 26.3 Å². The largest absolute Gasteiger partial charge is 0.493 e.